The largest absolute Gasteiger partial charge is 0.328 e. The van der Waals surface area contributed by atoms with Gasteiger partial charge >= 0.3 is 0 Å². The lowest BCUT2D eigenvalue weighted by Crippen LogP contribution is -2.39. The van der Waals surface area contributed by atoms with Gasteiger partial charge in [-0.25, -0.2) is 12.1 Å². The summed E-state index contributed by atoms with van der Waals surface area (Å²) in [5, 5.41) is 0. The second-order valence-electron chi connectivity index (χ2n) is 2.81. The Kier molecular flexibility index (Phi) is 9.01. The zero-order chi connectivity index (χ0) is 10.9. The Balaban J connectivity index is 4.21. The number of rotatable bonds is 9. The van der Waals surface area contributed by atoms with Gasteiger partial charge in [-0.05, 0) is 26.8 Å². The van der Waals surface area contributed by atoms with E-state index in [0.29, 0.717) is 19.8 Å². The lowest BCUT2D eigenvalue weighted by molar-refractivity contribution is -0.377. The van der Waals surface area contributed by atoms with Crippen molar-refractivity contribution in [3.05, 3.63) is 0 Å². The van der Waals surface area contributed by atoms with Crippen molar-refractivity contribution in [3.63, 3.8) is 0 Å². The maximum Gasteiger partial charge on any atom is 0.282 e. The van der Waals surface area contributed by atoms with Crippen molar-refractivity contribution >= 4 is 20.7 Å². The first-order valence-corrected chi connectivity index (χ1v) is 8.80. The maximum atomic E-state index is 5.56. The summed E-state index contributed by atoms with van der Waals surface area (Å²) in [5.74, 6) is -0.812. The fraction of sp³-hybridized carbons (Fsp3) is 1.00. The normalized spacial score (nSPS) is 12.9. The van der Waals surface area contributed by atoms with E-state index < -0.39 is 5.97 Å². The van der Waals surface area contributed by atoms with E-state index in [1.165, 1.54) is 0 Å². The fourth-order valence-electron chi connectivity index (χ4n) is 1.30. The molecule has 0 amide bonds. The van der Waals surface area contributed by atoms with Crippen LogP contribution in [0.15, 0.2) is 0 Å². The van der Waals surface area contributed by atoms with Crippen molar-refractivity contribution in [1.82, 2.24) is 0 Å². The lowest BCUT2D eigenvalue weighted by atomic mass is 10.4. The molecule has 3 nitrogen and oxygen atoms in total. The van der Waals surface area contributed by atoms with Gasteiger partial charge in [0.05, 0.1) is 8.67 Å². The Bertz CT molecular complexity index is 118. The van der Waals surface area contributed by atoms with E-state index in [4.69, 9.17) is 14.2 Å². The van der Waals surface area contributed by atoms with Crippen LogP contribution in [0.1, 0.15) is 27.2 Å². The second kappa shape index (κ2) is 8.73. The molecule has 0 aliphatic heterocycles. The molecule has 86 valence electrons. The summed E-state index contributed by atoms with van der Waals surface area (Å²) in [6.45, 7) is 7.66. The fourth-order valence-corrected chi connectivity index (χ4v) is 2.36. The highest BCUT2D eigenvalue weighted by atomic mass is 32.3. The molecule has 0 fully saturated rings. The second-order valence-corrected chi connectivity index (χ2v) is 5.31. The highest BCUT2D eigenvalue weighted by Crippen LogP contribution is 2.22. The zero-order valence-corrected chi connectivity index (χ0v) is 11.7. The summed E-state index contributed by atoms with van der Waals surface area (Å²) in [6.07, 6.45) is 0.790. The molecular weight excluding hydrogens is 216 g/mol. The van der Waals surface area contributed by atoms with Crippen LogP contribution in [-0.2, 0) is 14.2 Å². The van der Waals surface area contributed by atoms with Crippen LogP contribution in [0.4, 0.5) is 0 Å². The van der Waals surface area contributed by atoms with E-state index in [2.05, 4.69) is 12.1 Å². The predicted octanol–water partition coefficient (Wildman–Crippen LogP) is 1.57. The average Bonchev–Trinajstić information content (AvgIpc) is 2.16. The first kappa shape index (κ1) is 14.4. The first-order valence-electron chi connectivity index (χ1n) is 5.27. The number of hydrogen-bond acceptors (Lipinski definition) is 4. The highest BCUT2D eigenvalue weighted by Gasteiger charge is 2.31. The quantitative estimate of drug-likeness (QED) is 0.375. The van der Waals surface area contributed by atoms with Crippen LogP contribution in [0.3, 0.4) is 0 Å². The Labute approximate surface area is 94.4 Å². The summed E-state index contributed by atoms with van der Waals surface area (Å²) >= 11 is 4.31. The van der Waals surface area contributed by atoms with Crippen LogP contribution >= 0.6 is 12.1 Å². The molecule has 0 radical (unpaired) electrons. The van der Waals surface area contributed by atoms with E-state index in [1.54, 1.807) is 0 Å². The third kappa shape index (κ3) is 5.36. The van der Waals surface area contributed by atoms with Gasteiger partial charge in [0.1, 0.15) is 0 Å². The lowest BCUT2D eigenvalue weighted by Gasteiger charge is -2.32. The summed E-state index contributed by atoms with van der Waals surface area (Å²) in [4.78, 5) is 0. The monoisotopic (exact) mass is 238 g/mol. The van der Waals surface area contributed by atoms with Crippen molar-refractivity contribution in [2.24, 2.45) is 0 Å². The predicted molar refractivity (Wildman–Crippen MR) is 64.6 cm³/mol. The minimum absolute atomic E-state index is 0.262. The minimum atomic E-state index is -0.812. The SMILES string of the molecule is CCOC(CC[SiH2]S)(OCC)OCC. The Hall–Kier alpha value is 0.447. The van der Waals surface area contributed by atoms with Gasteiger partial charge in [-0.1, -0.05) is 0 Å². The van der Waals surface area contributed by atoms with Crippen molar-refractivity contribution in [2.45, 2.75) is 39.2 Å². The van der Waals surface area contributed by atoms with E-state index in [9.17, 15) is 0 Å². The molecule has 14 heavy (non-hydrogen) atoms. The van der Waals surface area contributed by atoms with Gasteiger partial charge in [0.2, 0.25) is 0 Å². The molecule has 5 heteroatoms. The van der Waals surface area contributed by atoms with Gasteiger partial charge in [0, 0.05) is 26.2 Å². The molecule has 0 atom stereocenters. The van der Waals surface area contributed by atoms with Crippen LogP contribution in [0.5, 0.6) is 0 Å². The van der Waals surface area contributed by atoms with Gasteiger partial charge in [0.25, 0.3) is 5.97 Å². The minimum Gasteiger partial charge on any atom is -0.328 e. The molecule has 0 aliphatic carbocycles. The van der Waals surface area contributed by atoms with Gasteiger partial charge in [-0.2, -0.15) is 0 Å². The maximum absolute atomic E-state index is 5.56. The summed E-state index contributed by atoms with van der Waals surface area (Å²) < 4.78 is 16.7. The van der Waals surface area contributed by atoms with Crippen molar-refractivity contribution in [2.75, 3.05) is 19.8 Å². The molecule has 0 aromatic carbocycles. The van der Waals surface area contributed by atoms with Crippen molar-refractivity contribution in [1.29, 1.82) is 0 Å². The van der Waals surface area contributed by atoms with E-state index in [-0.39, 0.29) is 8.67 Å². The molecule has 0 aliphatic rings. The Morgan fingerprint density at radius 1 is 1.00 bits per heavy atom. The van der Waals surface area contributed by atoms with Crippen LogP contribution < -0.4 is 0 Å². The van der Waals surface area contributed by atoms with Crippen LogP contribution in [0.2, 0.25) is 6.04 Å². The molecule has 0 bridgehead atoms. The number of thiol groups is 1. The van der Waals surface area contributed by atoms with Crippen LogP contribution in [-0.4, -0.2) is 34.5 Å². The van der Waals surface area contributed by atoms with Gasteiger partial charge in [-0.15, -0.1) is 0 Å². The van der Waals surface area contributed by atoms with Crippen molar-refractivity contribution < 1.29 is 14.2 Å². The molecular formula is C9H22O3SSi. The van der Waals surface area contributed by atoms with E-state index in [0.717, 1.165) is 12.5 Å². The molecule has 0 N–H and O–H groups in total. The number of hydrogen-bond donors (Lipinski definition) is 1. The number of ether oxygens (including phenoxy) is 3. The average molecular weight is 238 g/mol. The third-order valence-electron chi connectivity index (χ3n) is 1.73. The molecule has 0 spiro atoms. The van der Waals surface area contributed by atoms with Gasteiger partial charge in [0.15, 0.2) is 0 Å². The smallest absolute Gasteiger partial charge is 0.282 e. The standard InChI is InChI=1S/C9H22O3SSi/c1-4-10-9(11-5-2,12-6-3)7-8-14-13/h13H,4-8,14H2,1-3H3. The molecule has 0 saturated carbocycles. The summed E-state index contributed by atoms with van der Waals surface area (Å²) in [5.41, 5.74) is 0. The summed E-state index contributed by atoms with van der Waals surface area (Å²) in [7, 11) is -0.262. The zero-order valence-electron chi connectivity index (χ0n) is 9.41. The molecule has 0 aromatic rings. The molecule has 0 aromatic heterocycles. The van der Waals surface area contributed by atoms with Crippen molar-refractivity contribution in [3.8, 4) is 0 Å². The van der Waals surface area contributed by atoms with Gasteiger partial charge in [-0.3, -0.25) is 0 Å². The van der Waals surface area contributed by atoms with Crippen LogP contribution in [0, 0.1) is 0 Å². The first-order chi connectivity index (χ1) is 6.74. The van der Waals surface area contributed by atoms with Crippen LogP contribution in [0.25, 0.3) is 0 Å². The highest BCUT2D eigenvalue weighted by molar-refractivity contribution is 8.06. The van der Waals surface area contributed by atoms with E-state index in [1.807, 2.05) is 20.8 Å². The summed E-state index contributed by atoms with van der Waals surface area (Å²) in [6, 6.07) is 1.06. The van der Waals surface area contributed by atoms with Gasteiger partial charge < -0.3 is 14.2 Å². The third-order valence-corrected chi connectivity index (χ3v) is 3.35. The topological polar surface area (TPSA) is 27.7 Å². The Morgan fingerprint density at radius 3 is 1.71 bits per heavy atom. The van der Waals surface area contributed by atoms with E-state index >= 15 is 0 Å². The molecule has 0 heterocycles. The molecule has 0 saturated heterocycles. The molecule has 0 rings (SSSR count). The Morgan fingerprint density at radius 2 is 1.43 bits per heavy atom. The molecule has 0 unspecified atom stereocenters.